The van der Waals surface area contributed by atoms with Gasteiger partial charge in [0, 0.05) is 16.2 Å². The zero-order valence-corrected chi connectivity index (χ0v) is 13.9. The number of aliphatic hydroxyl groups is 1. The first-order valence-electron chi connectivity index (χ1n) is 7.59. The fraction of sp³-hybridized carbons (Fsp3) is 0.706. The van der Waals surface area contributed by atoms with Crippen LogP contribution in [0.5, 0.6) is 0 Å². The van der Waals surface area contributed by atoms with Crippen molar-refractivity contribution in [2.45, 2.75) is 58.0 Å². The zero-order chi connectivity index (χ0) is 14.6. The van der Waals surface area contributed by atoms with Gasteiger partial charge in [0.2, 0.25) is 0 Å². The maximum Gasteiger partial charge on any atom is 0.187 e. The lowest BCUT2D eigenvalue weighted by molar-refractivity contribution is -0.151. The van der Waals surface area contributed by atoms with Crippen LogP contribution in [-0.2, 0) is 4.79 Å². The van der Waals surface area contributed by atoms with Gasteiger partial charge in [-0.05, 0) is 51.5 Å². The quantitative estimate of drug-likeness (QED) is 0.625. The van der Waals surface area contributed by atoms with Crippen LogP contribution in [0.4, 0.5) is 0 Å². The smallest absolute Gasteiger partial charge is 0.187 e. The number of hydrogen-bond donors (Lipinski definition) is 1. The highest BCUT2D eigenvalue weighted by atomic mass is 79.9. The van der Waals surface area contributed by atoms with E-state index in [1.807, 2.05) is 0 Å². The van der Waals surface area contributed by atoms with E-state index in [2.05, 4.69) is 35.9 Å². The Hall–Kier alpha value is -0.410. The molecule has 2 fully saturated rings. The van der Waals surface area contributed by atoms with Crippen LogP contribution >= 0.6 is 15.9 Å². The lowest BCUT2D eigenvalue weighted by Gasteiger charge is -2.51. The molecule has 3 rings (SSSR count). The van der Waals surface area contributed by atoms with Gasteiger partial charge in [0.05, 0.1) is 0 Å². The number of allylic oxidation sites excluding steroid dienone is 3. The summed E-state index contributed by atoms with van der Waals surface area (Å²) < 4.78 is 0. The minimum atomic E-state index is -1.15. The molecule has 0 aliphatic heterocycles. The van der Waals surface area contributed by atoms with Crippen LogP contribution < -0.4 is 0 Å². The molecule has 2 saturated carbocycles. The highest BCUT2D eigenvalue weighted by Gasteiger charge is 2.70. The van der Waals surface area contributed by atoms with Crippen molar-refractivity contribution in [2.75, 3.05) is 5.33 Å². The Labute approximate surface area is 129 Å². The van der Waals surface area contributed by atoms with Gasteiger partial charge in [-0.3, -0.25) is 4.79 Å². The molecule has 1 spiro atoms. The second kappa shape index (κ2) is 4.54. The second-order valence-corrected chi connectivity index (χ2v) is 7.61. The maximum atomic E-state index is 12.5. The molecule has 0 aromatic rings. The molecule has 3 heteroatoms. The van der Waals surface area contributed by atoms with Gasteiger partial charge in [-0.1, -0.05) is 40.1 Å². The number of rotatable bonds is 3. The molecule has 0 heterocycles. The average molecular weight is 339 g/mol. The molecule has 0 unspecified atom stereocenters. The predicted molar refractivity (Wildman–Crippen MR) is 83.8 cm³/mol. The van der Waals surface area contributed by atoms with Crippen molar-refractivity contribution in [2.24, 2.45) is 10.8 Å². The molecule has 0 saturated heterocycles. The van der Waals surface area contributed by atoms with Crippen molar-refractivity contribution in [1.29, 1.82) is 0 Å². The minimum absolute atomic E-state index is 0.0464. The molecule has 0 radical (unpaired) electrons. The third-order valence-electron chi connectivity index (χ3n) is 6.33. The number of carbonyl (C=O) groups excluding carboxylic acids is 1. The summed E-state index contributed by atoms with van der Waals surface area (Å²) in [6.45, 7) is 4.24. The van der Waals surface area contributed by atoms with Crippen molar-refractivity contribution in [3.8, 4) is 0 Å². The Morgan fingerprint density at radius 3 is 2.90 bits per heavy atom. The summed E-state index contributed by atoms with van der Waals surface area (Å²) in [5.41, 5.74) is 1.17. The number of fused-ring (bicyclic) bond motifs is 1. The van der Waals surface area contributed by atoms with E-state index in [0.717, 1.165) is 37.4 Å². The Kier molecular flexibility index (Phi) is 3.30. The van der Waals surface area contributed by atoms with Crippen molar-refractivity contribution in [1.82, 2.24) is 0 Å². The van der Waals surface area contributed by atoms with E-state index in [1.54, 1.807) is 6.08 Å². The summed E-state index contributed by atoms with van der Waals surface area (Å²) in [6, 6.07) is 0. The maximum absolute atomic E-state index is 12.5. The molecule has 3 aliphatic rings. The molecule has 0 amide bonds. The van der Waals surface area contributed by atoms with E-state index in [-0.39, 0.29) is 16.6 Å². The van der Waals surface area contributed by atoms with Gasteiger partial charge in [0.25, 0.3) is 0 Å². The SMILES string of the molecule is C/C(=C\C[C@]1(C)[C@]23CCCC2=CC(=O)[C@]1(O)CC3)CBr. The van der Waals surface area contributed by atoms with Crippen LogP contribution in [-0.4, -0.2) is 21.8 Å². The number of ketones is 1. The van der Waals surface area contributed by atoms with Gasteiger partial charge < -0.3 is 5.11 Å². The summed E-state index contributed by atoms with van der Waals surface area (Å²) in [5.74, 6) is -0.0464. The van der Waals surface area contributed by atoms with E-state index >= 15 is 0 Å². The molecule has 1 N–H and O–H groups in total. The molecule has 110 valence electrons. The molecule has 2 nitrogen and oxygen atoms in total. The lowest BCUT2D eigenvalue weighted by atomic mass is 9.54. The first-order valence-corrected chi connectivity index (χ1v) is 8.71. The standard InChI is InChI=1S/C17H23BrO2/c1-12(11-18)5-7-15(2)16-6-3-4-13(16)10-14(19)17(15,20)9-8-16/h5,10,20H,3-4,6-9,11H2,1-2H3/b12-5+/t15-,16+,17-/m1/s1. The summed E-state index contributed by atoms with van der Waals surface area (Å²) >= 11 is 3.47. The Morgan fingerprint density at radius 2 is 2.20 bits per heavy atom. The summed E-state index contributed by atoms with van der Waals surface area (Å²) in [6.07, 6.45) is 9.72. The Balaban J connectivity index is 2.09. The molecule has 2 bridgehead atoms. The predicted octanol–water partition coefficient (Wildman–Crippen LogP) is 3.93. The average Bonchev–Trinajstić information content (AvgIpc) is 2.91. The van der Waals surface area contributed by atoms with Crippen molar-refractivity contribution < 1.29 is 9.90 Å². The number of halogens is 1. The van der Waals surface area contributed by atoms with E-state index in [0.29, 0.717) is 6.42 Å². The van der Waals surface area contributed by atoms with E-state index in [4.69, 9.17) is 0 Å². The Morgan fingerprint density at radius 1 is 1.45 bits per heavy atom. The minimum Gasteiger partial charge on any atom is -0.381 e. The van der Waals surface area contributed by atoms with Crippen LogP contribution in [0, 0.1) is 10.8 Å². The largest absolute Gasteiger partial charge is 0.381 e. The summed E-state index contributed by atoms with van der Waals surface area (Å²) in [7, 11) is 0. The van der Waals surface area contributed by atoms with Crippen LogP contribution in [0.2, 0.25) is 0 Å². The van der Waals surface area contributed by atoms with Crippen molar-refractivity contribution >= 4 is 21.7 Å². The molecule has 0 aromatic carbocycles. The summed E-state index contributed by atoms with van der Waals surface area (Å²) in [5, 5.41) is 12.0. The fourth-order valence-corrected chi connectivity index (χ4v) is 5.15. The van der Waals surface area contributed by atoms with Crippen LogP contribution in [0.3, 0.4) is 0 Å². The first kappa shape index (κ1) is 14.5. The fourth-order valence-electron chi connectivity index (χ4n) is 4.92. The van der Waals surface area contributed by atoms with Crippen LogP contribution in [0.1, 0.15) is 52.4 Å². The van der Waals surface area contributed by atoms with Gasteiger partial charge in [0.15, 0.2) is 5.78 Å². The topological polar surface area (TPSA) is 37.3 Å². The van der Waals surface area contributed by atoms with Gasteiger partial charge in [0.1, 0.15) is 5.60 Å². The normalized spacial score (nSPS) is 43.7. The molecular formula is C17H23BrO2. The molecule has 20 heavy (non-hydrogen) atoms. The Bertz CT molecular complexity index is 521. The van der Waals surface area contributed by atoms with E-state index in [9.17, 15) is 9.90 Å². The number of hydrogen-bond acceptors (Lipinski definition) is 2. The highest BCUT2D eigenvalue weighted by molar-refractivity contribution is 9.09. The first-order chi connectivity index (χ1) is 9.39. The van der Waals surface area contributed by atoms with Gasteiger partial charge in [-0.15, -0.1) is 0 Å². The highest BCUT2D eigenvalue weighted by Crippen LogP contribution is 2.70. The lowest BCUT2D eigenvalue weighted by Crippen LogP contribution is -2.56. The third kappa shape index (κ3) is 1.57. The van der Waals surface area contributed by atoms with Gasteiger partial charge in [-0.25, -0.2) is 0 Å². The van der Waals surface area contributed by atoms with Crippen molar-refractivity contribution in [3.63, 3.8) is 0 Å². The van der Waals surface area contributed by atoms with E-state index < -0.39 is 5.60 Å². The molecule has 0 aromatic heterocycles. The zero-order valence-electron chi connectivity index (χ0n) is 12.3. The van der Waals surface area contributed by atoms with Gasteiger partial charge in [-0.2, -0.15) is 0 Å². The number of alkyl halides is 1. The summed E-state index contributed by atoms with van der Waals surface area (Å²) in [4.78, 5) is 12.5. The molecule has 3 aliphatic carbocycles. The van der Waals surface area contributed by atoms with Crippen LogP contribution in [0.25, 0.3) is 0 Å². The van der Waals surface area contributed by atoms with Crippen molar-refractivity contribution in [3.05, 3.63) is 23.3 Å². The third-order valence-corrected chi connectivity index (χ3v) is 7.21. The number of carbonyl (C=O) groups is 1. The monoisotopic (exact) mass is 338 g/mol. The second-order valence-electron chi connectivity index (χ2n) is 7.05. The molecule has 3 atom stereocenters. The van der Waals surface area contributed by atoms with Crippen LogP contribution in [0.15, 0.2) is 23.3 Å². The van der Waals surface area contributed by atoms with Gasteiger partial charge >= 0.3 is 0 Å². The molecular weight excluding hydrogens is 316 g/mol. The van der Waals surface area contributed by atoms with E-state index in [1.165, 1.54) is 11.1 Å².